The third kappa shape index (κ3) is 3.41. The molecule has 2 rings (SSSR count). The second kappa shape index (κ2) is 5.47. The molecule has 0 bridgehead atoms. The number of amides is 1. The molecule has 3 N–H and O–H groups in total. The molecule has 17 heavy (non-hydrogen) atoms. The van der Waals surface area contributed by atoms with Gasteiger partial charge in [0.2, 0.25) is 5.91 Å². The number of hydrogen-bond acceptors (Lipinski definition) is 2. The summed E-state index contributed by atoms with van der Waals surface area (Å²) in [5, 5.41) is 2.92. The van der Waals surface area contributed by atoms with E-state index in [1.165, 1.54) is 0 Å². The van der Waals surface area contributed by atoms with Crippen molar-refractivity contribution in [3.05, 3.63) is 46.5 Å². The monoisotopic (exact) mass is 294 g/mol. The number of benzene rings is 1. The van der Waals surface area contributed by atoms with Crippen LogP contribution in [0.3, 0.4) is 0 Å². The highest BCUT2D eigenvalue weighted by Gasteiger charge is 2.22. The van der Waals surface area contributed by atoms with Crippen molar-refractivity contribution in [2.75, 3.05) is 0 Å². The summed E-state index contributed by atoms with van der Waals surface area (Å²) in [6.45, 7) is 0.553. The molecule has 3 nitrogen and oxygen atoms in total. The summed E-state index contributed by atoms with van der Waals surface area (Å²) in [6, 6.07) is 7.93. The summed E-state index contributed by atoms with van der Waals surface area (Å²) < 4.78 is 1.02. The molecular weight excluding hydrogens is 280 g/mol. The fraction of sp³-hybridized carbons (Fsp3) is 0.308. The van der Waals surface area contributed by atoms with Crippen molar-refractivity contribution in [3.8, 4) is 0 Å². The van der Waals surface area contributed by atoms with Crippen LogP contribution >= 0.6 is 15.9 Å². The van der Waals surface area contributed by atoms with Crippen molar-refractivity contribution >= 4 is 21.8 Å². The number of carbonyl (C=O) groups excluding carboxylic acids is 1. The lowest BCUT2D eigenvalue weighted by molar-refractivity contribution is -0.123. The fourth-order valence-electron chi connectivity index (χ4n) is 1.89. The summed E-state index contributed by atoms with van der Waals surface area (Å²) in [4.78, 5) is 11.8. The van der Waals surface area contributed by atoms with E-state index in [2.05, 4.69) is 21.2 Å². The summed E-state index contributed by atoms with van der Waals surface area (Å²) in [5.41, 5.74) is 6.80. The molecule has 2 unspecified atom stereocenters. The molecule has 0 fully saturated rings. The molecule has 2 atom stereocenters. The molecule has 1 aliphatic rings. The lowest BCUT2D eigenvalue weighted by Crippen LogP contribution is -2.30. The molecule has 0 aromatic heterocycles. The average molecular weight is 295 g/mol. The van der Waals surface area contributed by atoms with Gasteiger partial charge in [-0.15, -0.1) is 0 Å². The van der Waals surface area contributed by atoms with Crippen LogP contribution in [0.15, 0.2) is 40.9 Å². The maximum atomic E-state index is 11.8. The molecule has 4 heteroatoms. The fourth-order valence-corrected chi connectivity index (χ4v) is 2.34. The number of nitrogens with one attached hydrogen (secondary N) is 1. The maximum Gasteiger partial charge on any atom is 0.227 e. The number of carbonyl (C=O) groups is 1. The van der Waals surface area contributed by atoms with Crippen LogP contribution in [0.1, 0.15) is 12.0 Å². The highest BCUT2D eigenvalue weighted by Crippen LogP contribution is 2.17. The molecule has 1 aromatic carbocycles. The minimum absolute atomic E-state index is 0.0246. The Labute approximate surface area is 109 Å². The third-order valence-electron chi connectivity index (χ3n) is 2.81. The van der Waals surface area contributed by atoms with Gasteiger partial charge in [0.25, 0.3) is 0 Å². The van der Waals surface area contributed by atoms with Crippen LogP contribution in [0.2, 0.25) is 0 Å². The zero-order valence-electron chi connectivity index (χ0n) is 9.40. The van der Waals surface area contributed by atoms with Crippen LogP contribution < -0.4 is 11.1 Å². The van der Waals surface area contributed by atoms with E-state index in [4.69, 9.17) is 5.73 Å². The standard InChI is InChI=1S/C13H15BrN2O/c14-11-3-1-2-9(6-11)8-16-13(17)10-4-5-12(15)7-10/h1-6,10,12H,7-8,15H2,(H,16,17). The summed E-state index contributed by atoms with van der Waals surface area (Å²) in [5.74, 6) is -0.0219. The van der Waals surface area contributed by atoms with E-state index < -0.39 is 0 Å². The van der Waals surface area contributed by atoms with Gasteiger partial charge >= 0.3 is 0 Å². The molecule has 0 heterocycles. The molecule has 1 aromatic rings. The Kier molecular flexibility index (Phi) is 3.97. The molecule has 0 saturated carbocycles. The van der Waals surface area contributed by atoms with E-state index in [9.17, 15) is 4.79 Å². The first kappa shape index (κ1) is 12.3. The highest BCUT2D eigenvalue weighted by molar-refractivity contribution is 9.10. The van der Waals surface area contributed by atoms with Crippen molar-refractivity contribution in [1.29, 1.82) is 0 Å². The van der Waals surface area contributed by atoms with E-state index in [1.807, 2.05) is 36.4 Å². The number of nitrogens with two attached hydrogens (primary N) is 1. The van der Waals surface area contributed by atoms with Crippen LogP contribution in [0.25, 0.3) is 0 Å². The first-order valence-corrected chi connectivity index (χ1v) is 6.40. The van der Waals surface area contributed by atoms with Gasteiger partial charge in [0.15, 0.2) is 0 Å². The van der Waals surface area contributed by atoms with E-state index in [-0.39, 0.29) is 17.9 Å². The SMILES string of the molecule is NC1C=CC(C(=O)NCc2cccc(Br)c2)C1. The van der Waals surface area contributed by atoms with Gasteiger partial charge in [-0.3, -0.25) is 4.79 Å². The summed E-state index contributed by atoms with van der Waals surface area (Å²) >= 11 is 3.40. The van der Waals surface area contributed by atoms with Crippen molar-refractivity contribution in [3.63, 3.8) is 0 Å². The first-order valence-electron chi connectivity index (χ1n) is 5.61. The predicted molar refractivity (Wildman–Crippen MR) is 71.2 cm³/mol. The van der Waals surface area contributed by atoms with Gasteiger partial charge in [0.05, 0.1) is 5.92 Å². The van der Waals surface area contributed by atoms with Crippen molar-refractivity contribution in [2.45, 2.75) is 19.0 Å². The average Bonchev–Trinajstić information content (AvgIpc) is 2.73. The Morgan fingerprint density at radius 1 is 1.47 bits per heavy atom. The minimum atomic E-state index is -0.0721. The number of rotatable bonds is 3. The van der Waals surface area contributed by atoms with Gasteiger partial charge < -0.3 is 11.1 Å². The Hall–Kier alpha value is -1.13. The zero-order valence-corrected chi connectivity index (χ0v) is 11.0. The van der Waals surface area contributed by atoms with E-state index in [0.29, 0.717) is 13.0 Å². The number of halogens is 1. The van der Waals surface area contributed by atoms with E-state index in [0.717, 1.165) is 10.0 Å². The second-order valence-corrected chi connectivity index (χ2v) is 5.15. The Balaban J connectivity index is 1.86. The molecule has 0 spiro atoms. The summed E-state index contributed by atoms with van der Waals surface area (Å²) in [6.07, 6.45) is 4.49. The predicted octanol–water partition coefficient (Wildman–Crippen LogP) is 1.97. The molecule has 1 amide bonds. The normalized spacial score (nSPS) is 22.7. The topological polar surface area (TPSA) is 55.1 Å². The van der Waals surface area contributed by atoms with Crippen LogP contribution in [0, 0.1) is 5.92 Å². The lowest BCUT2D eigenvalue weighted by atomic mass is 10.1. The van der Waals surface area contributed by atoms with Crippen LogP contribution in [0.5, 0.6) is 0 Å². The van der Waals surface area contributed by atoms with Crippen LogP contribution in [-0.4, -0.2) is 11.9 Å². The van der Waals surface area contributed by atoms with Gasteiger partial charge in [-0.2, -0.15) is 0 Å². The summed E-state index contributed by atoms with van der Waals surface area (Å²) in [7, 11) is 0. The molecular formula is C13H15BrN2O. The minimum Gasteiger partial charge on any atom is -0.352 e. The second-order valence-electron chi connectivity index (χ2n) is 4.24. The smallest absolute Gasteiger partial charge is 0.227 e. The first-order chi connectivity index (χ1) is 8.15. The van der Waals surface area contributed by atoms with Crippen molar-refractivity contribution < 1.29 is 4.79 Å². The van der Waals surface area contributed by atoms with Gasteiger partial charge in [-0.1, -0.05) is 40.2 Å². The highest BCUT2D eigenvalue weighted by atomic mass is 79.9. The largest absolute Gasteiger partial charge is 0.352 e. The lowest BCUT2D eigenvalue weighted by Gasteiger charge is -2.10. The quantitative estimate of drug-likeness (QED) is 0.838. The zero-order chi connectivity index (χ0) is 12.3. The maximum absolute atomic E-state index is 11.8. The Morgan fingerprint density at radius 3 is 2.94 bits per heavy atom. The molecule has 0 radical (unpaired) electrons. The molecule has 90 valence electrons. The van der Waals surface area contributed by atoms with Crippen molar-refractivity contribution in [1.82, 2.24) is 5.32 Å². The van der Waals surface area contributed by atoms with Crippen molar-refractivity contribution in [2.24, 2.45) is 11.7 Å². The number of hydrogen-bond donors (Lipinski definition) is 2. The van der Waals surface area contributed by atoms with E-state index in [1.54, 1.807) is 0 Å². The van der Waals surface area contributed by atoms with Crippen LogP contribution in [0.4, 0.5) is 0 Å². The van der Waals surface area contributed by atoms with Gasteiger partial charge in [0.1, 0.15) is 0 Å². The molecule has 0 aliphatic heterocycles. The molecule has 0 saturated heterocycles. The Morgan fingerprint density at radius 2 is 2.29 bits per heavy atom. The third-order valence-corrected chi connectivity index (χ3v) is 3.30. The van der Waals surface area contributed by atoms with E-state index >= 15 is 0 Å². The van der Waals surface area contributed by atoms with Gasteiger partial charge in [-0.05, 0) is 24.1 Å². The van der Waals surface area contributed by atoms with Gasteiger partial charge in [-0.25, -0.2) is 0 Å². The van der Waals surface area contributed by atoms with Gasteiger partial charge in [0, 0.05) is 17.1 Å². The van der Waals surface area contributed by atoms with Crippen LogP contribution in [-0.2, 0) is 11.3 Å². The Bertz CT molecular complexity index is 445. The molecule has 1 aliphatic carbocycles.